The largest absolute Gasteiger partial charge is 0.342 e. The highest BCUT2D eigenvalue weighted by Crippen LogP contribution is 2.28. The van der Waals surface area contributed by atoms with Crippen LogP contribution in [0.5, 0.6) is 0 Å². The molecule has 3 fully saturated rings. The molecule has 4 heterocycles. The molecule has 0 aliphatic carbocycles. The molecule has 3 saturated heterocycles. The maximum atomic E-state index is 13.9. The van der Waals surface area contributed by atoms with Gasteiger partial charge in [-0.15, -0.1) is 0 Å². The van der Waals surface area contributed by atoms with Gasteiger partial charge in [-0.3, -0.25) is 9.59 Å². The Labute approximate surface area is 278 Å². The van der Waals surface area contributed by atoms with E-state index >= 15 is 0 Å². The number of hydrogen-bond donors (Lipinski definition) is 3. The Balaban J connectivity index is 1.08. The molecule has 252 valence electrons. The van der Waals surface area contributed by atoms with Crippen molar-refractivity contribution >= 4 is 35.3 Å². The van der Waals surface area contributed by atoms with Crippen molar-refractivity contribution in [3.63, 3.8) is 0 Å². The van der Waals surface area contributed by atoms with Crippen molar-refractivity contribution in [2.75, 3.05) is 49.9 Å². The second kappa shape index (κ2) is 14.8. The predicted molar refractivity (Wildman–Crippen MR) is 182 cm³/mol. The highest BCUT2D eigenvalue weighted by molar-refractivity contribution is 5.96. The number of fused-ring (bicyclic) bond motifs is 1. The van der Waals surface area contributed by atoms with Gasteiger partial charge in [-0.05, 0) is 88.7 Å². The summed E-state index contributed by atoms with van der Waals surface area (Å²) in [6.45, 7) is 8.95. The van der Waals surface area contributed by atoms with Gasteiger partial charge in [0.05, 0.1) is 6.42 Å². The van der Waals surface area contributed by atoms with Crippen LogP contribution < -0.4 is 16.0 Å². The smallest absolute Gasteiger partial charge is 0.322 e. The number of likely N-dealkylation sites (tertiary alicyclic amines) is 3. The molecule has 11 nitrogen and oxygen atoms in total. The van der Waals surface area contributed by atoms with Crippen molar-refractivity contribution in [1.29, 1.82) is 0 Å². The second-order valence-electron chi connectivity index (χ2n) is 13.7. The number of amides is 6. The molecule has 0 radical (unpaired) electrons. The first-order valence-corrected chi connectivity index (χ1v) is 17.4. The number of piperidine rings is 3. The number of carbonyl (C=O) groups is 4. The molecule has 6 amide bonds. The molecule has 0 bridgehead atoms. The summed E-state index contributed by atoms with van der Waals surface area (Å²) in [6, 6.07) is 12.5. The maximum absolute atomic E-state index is 13.9. The number of benzene rings is 2. The van der Waals surface area contributed by atoms with Crippen LogP contribution in [0.25, 0.3) is 0 Å². The number of aryl methyl sites for hydroxylation is 2. The Morgan fingerprint density at radius 3 is 2.26 bits per heavy atom. The zero-order valence-electron chi connectivity index (χ0n) is 27.8. The molecule has 4 aliphatic heterocycles. The first kappa shape index (κ1) is 32.8. The van der Waals surface area contributed by atoms with Crippen molar-refractivity contribution in [2.45, 2.75) is 89.9 Å². The molecule has 0 saturated carbocycles. The zero-order chi connectivity index (χ0) is 32.9. The molecular weight excluding hydrogens is 594 g/mol. The van der Waals surface area contributed by atoms with Crippen LogP contribution in [-0.4, -0.2) is 101 Å². The van der Waals surface area contributed by atoms with E-state index in [2.05, 4.69) is 20.9 Å². The number of nitrogens with zero attached hydrogens (tertiary/aromatic N) is 4. The van der Waals surface area contributed by atoms with Crippen molar-refractivity contribution in [2.24, 2.45) is 0 Å². The van der Waals surface area contributed by atoms with Gasteiger partial charge in [0.25, 0.3) is 0 Å². The number of anilines is 2. The average molecular weight is 644 g/mol. The van der Waals surface area contributed by atoms with Crippen LogP contribution in [0.15, 0.2) is 42.5 Å². The third-order valence-electron chi connectivity index (χ3n) is 10.4. The van der Waals surface area contributed by atoms with E-state index in [1.54, 1.807) is 4.90 Å². The van der Waals surface area contributed by atoms with Gasteiger partial charge in [0, 0.05) is 56.2 Å². The van der Waals surface area contributed by atoms with E-state index in [-0.39, 0.29) is 30.3 Å². The van der Waals surface area contributed by atoms with Crippen molar-refractivity contribution in [3.05, 3.63) is 59.2 Å². The van der Waals surface area contributed by atoms with Gasteiger partial charge < -0.3 is 35.6 Å². The Morgan fingerprint density at radius 1 is 0.851 bits per heavy atom. The highest BCUT2D eigenvalue weighted by Gasteiger charge is 2.36. The standard InChI is InChI=1S/C36H49N7O4/c1-25-10-11-30(26(2)22-25)37-35(46)38-32(34(45)42-20-12-28(13-21-42)40-16-6-3-7-17-40)23-33(44)41-18-14-29(15-19-41)43-24-27-8-4-5-9-31(27)39-36(43)47/h4-5,8-11,22,28-29,32H,3,6-7,12-21,23-24H2,1-2H3,(H,39,47)(H2,37,38,46)/t32-/m0/s1. The summed E-state index contributed by atoms with van der Waals surface area (Å²) in [5.74, 6) is -0.366. The normalized spacial score (nSPS) is 20.3. The maximum Gasteiger partial charge on any atom is 0.322 e. The molecular formula is C36H49N7O4. The minimum Gasteiger partial charge on any atom is -0.342 e. The van der Waals surface area contributed by atoms with Gasteiger partial charge >= 0.3 is 12.1 Å². The minimum atomic E-state index is -0.970. The SMILES string of the molecule is Cc1ccc(NC(=O)N[C@@H](CC(=O)N2CCC(N3Cc4ccccc4NC3=O)CC2)C(=O)N2CCC(N3CCCCC3)CC2)c(C)c1. The molecule has 1 atom stereocenters. The lowest BCUT2D eigenvalue weighted by Crippen LogP contribution is -2.56. The van der Waals surface area contributed by atoms with E-state index in [1.165, 1.54) is 19.3 Å². The van der Waals surface area contributed by atoms with Gasteiger partial charge in [-0.2, -0.15) is 0 Å². The van der Waals surface area contributed by atoms with Crippen LogP contribution in [0.1, 0.15) is 68.1 Å². The van der Waals surface area contributed by atoms with Gasteiger partial charge in [-0.1, -0.05) is 42.3 Å². The lowest BCUT2D eigenvalue weighted by molar-refractivity contribution is -0.140. The van der Waals surface area contributed by atoms with E-state index in [9.17, 15) is 19.2 Å². The van der Waals surface area contributed by atoms with Gasteiger partial charge in [0.2, 0.25) is 11.8 Å². The lowest BCUT2D eigenvalue weighted by atomic mass is 9.98. The number of urea groups is 2. The van der Waals surface area contributed by atoms with Crippen molar-refractivity contribution in [3.8, 4) is 0 Å². The summed E-state index contributed by atoms with van der Waals surface area (Å²) in [6.07, 6.45) is 6.78. The second-order valence-corrected chi connectivity index (χ2v) is 13.7. The Bertz CT molecular complexity index is 1460. The highest BCUT2D eigenvalue weighted by atomic mass is 16.2. The minimum absolute atomic E-state index is 0.0210. The number of hydrogen-bond acceptors (Lipinski definition) is 5. The number of carbonyl (C=O) groups excluding carboxylic acids is 4. The van der Waals surface area contributed by atoms with Crippen molar-refractivity contribution in [1.82, 2.24) is 24.9 Å². The molecule has 47 heavy (non-hydrogen) atoms. The summed E-state index contributed by atoms with van der Waals surface area (Å²) in [7, 11) is 0. The van der Waals surface area contributed by atoms with E-state index < -0.39 is 12.1 Å². The predicted octanol–water partition coefficient (Wildman–Crippen LogP) is 4.70. The molecule has 0 spiro atoms. The van der Waals surface area contributed by atoms with E-state index in [0.717, 1.165) is 48.3 Å². The van der Waals surface area contributed by atoms with Crippen LogP contribution in [0.3, 0.4) is 0 Å². The molecule has 0 aromatic heterocycles. The molecule has 11 heteroatoms. The first-order valence-electron chi connectivity index (χ1n) is 17.4. The van der Waals surface area contributed by atoms with E-state index in [1.807, 2.05) is 66.1 Å². The van der Waals surface area contributed by atoms with Crippen LogP contribution in [-0.2, 0) is 16.1 Å². The summed E-state index contributed by atoms with van der Waals surface area (Å²) in [4.78, 5) is 61.8. The quantitative estimate of drug-likeness (QED) is 0.405. The summed E-state index contributed by atoms with van der Waals surface area (Å²) >= 11 is 0. The molecule has 2 aromatic rings. The number of para-hydroxylation sites is 1. The van der Waals surface area contributed by atoms with Gasteiger partial charge in [0.1, 0.15) is 6.04 Å². The molecule has 3 N–H and O–H groups in total. The van der Waals surface area contributed by atoms with Crippen LogP contribution in [0.4, 0.5) is 21.0 Å². The molecule has 4 aliphatic rings. The fraction of sp³-hybridized carbons (Fsp3) is 0.556. The summed E-state index contributed by atoms with van der Waals surface area (Å²) in [5.41, 5.74) is 4.61. The van der Waals surface area contributed by atoms with E-state index in [4.69, 9.17) is 0 Å². The Kier molecular flexibility index (Phi) is 10.3. The number of rotatable bonds is 7. The summed E-state index contributed by atoms with van der Waals surface area (Å²) < 4.78 is 0. The third kappa shape index (κ3) is 7.89. The molecule has 2 aromatic carbocycles. The topological polar surface area (TPSA) is 117 Å². The Morgan fingerprint density at radius 2 is 1.53 bits per heavy atom. The lowest BCUT2D eigenvalue weighted by Gasteiger charge is -2.41. The van der Waals surface area contributed by atoms with Crippen LogP contribution in [0.2, 0.25) is 0 Å². The van der Waals surface area contributed by atoms with Crippen molar-refractivity contribution < 1.29 is 19.2 Å². The van der Waals surface area contributed by atoms with Gasteiger partial charge in [0.15, 0.2) is 0 Å². The molecule has 0 unspecified atom stereocenters. The van der Waals surface area contributed by atoms with E-state index in [0.29, 0.717) is 57.3 Å². The monoisotopic (exact) mass is 643 g/mol. The third-order valence-corrected chi connectivity index (χ3v) is 10.4. The first-order chi connectivity index (χ1) is 22.7. The fourth-order valence-electron chi connectivity index (χ4n) is 7.67. The zero-order valence-corrected chi connectivity index (χ0v) is 27.8. The number of nitrogens with one attached hydrogen (secondary N) is 3. The summed E-state index contributed by atoms with van der Waals surface area (Å²) in [5, 5.41) is 8.74. The van der Waals surface area contributed by atoms with Crippen LogP contribution in [0, 0.1) is 13.8 Å². The van der Waals surface area contributed by atoms with Crippen LogP contribution >= 0.6 is 0 Å². The van der Waals surface area contributed by atoms with Gasteiger partial charge in [-0.25, -0.2) is 9.59 Å². The average Bonchev–Trinajstić information content (AvgIpc) is 3.09. The molecule has 6 rings (SSSR count). The fourth-order valence-corrected chi connectivity index (χ4v) is 7.67. The Hall–Kier alpha value is -4.12.